The zero-order chi connectivity index (χ0) is 14.4. The van der Waals surface area contributed by atoms with Crippen LogP contribution < -0.4 is 4.90 Å². The molecule has 1 aliphatic heterocycles. The van der Waals surface area contributed by atoms with Crippen molar-refractivity contribution in [1.29, 1.82) is 0 Å². The number of nitrogens with zero attached hydrogens (tertiary/aromatic N) is 2. The van der Waals surface area contributed by atoms with Gasteiger partial charge in [-0.3, -0.25) is 0 Å². The van der Waals surface area contributed by atoms with E-state index in [0.29, 0.717) is 12.1 Å². The monoisotopic (exact) mass is 282 g/mol. The average molecular weight is 282 g/mol. The van der Waals surface area contributed by atoms with E-state index in [2.05, 4.69) is 4.98 Å². The van der Waals surface area contributed by atoms with Crippen LogP contribution in [-0.2, 0) is 6.42 Å². The molecular formula is C14H10F4N2. The van der Waals surface area contributed by atoms with Crippen molar-refractivity contribution in [2.75, 3.05) is 11.4 Å². The smallest absolute Gasteiger partial charge is 0.253 e. The summed E-state index contributed by atoms with van der Waals surface area (Å²) in [5.41, 5.74) is 1.62. The summed E-state index contributed by atoms with van der Waals surface area (Å²) in [5.74, 6) is -6.23. The maximum atomic E-state index is 13.8. The molecule has 0 amide bonds. The van der Waals surface area contributed by atoms with Crippen molar-refractivity contribution in [3.8, 4) is 0 Å². The maximum Gasteiger partial charge on any atom is 0.253 e. The number of fused-ring (bicyclic) bond motifs is 1. The van der Waals surface area contributed by atoms with Gasteiger partial charge in [0.15, 0.2) is 0 Å². The maximum absolute atomic E-state index is 13.8. The second-order valence-corrected chi connectivity index (χ2v) is 4.70. The molecule has 2 aromatic rings. The second-order valence-electron chi connectivity index (χ2n) is 4.70. The molecule has 104 valence electrons. The first-order chi connectivity index (χ1) is 9.49. The molecule has 3 rings (SSSR count). The van der Waals surface area contributed by atoms with E-state index < -0.39 is 29.2 Å². The molecule has 0 spiro atoms. The van der Waals surface area contributed by atoms with E-state index in [1.165, 1.54) is 4.90 Å². The molecule has 20 heavy (non-hydrogen) atoms. The summed E-state index contributed by atoms with van der Waals surface area (Å²) in [4.78, 5) is 3.82. The molecular weight excluding hydrogens is 272 g/mol. The van der Waals surface area contributed by atoms with E-state index in [1.54, 1.807) is 6.07 Å². The molecule has 1 aliphatic rings. The van der Waals surface area contributed by atoms with Gasteiger partial charge in [0.05, 0.1) is 0 Å². The molecule has 0 aliphatic carbocycles. The van der Waals surface area contributed by atoms with Crippen molar-refractivity contribution in [3.05, 3.63) is 52.9 Å². The topological polar surface area (TPSA) is 16.1 Å². The van der Waals surface area contributed by atoms with Crippen LogP contribution in [-0.4, -0.2) is 11.5 Å². The number of hydrogen-bond acceptors (Lipinski definition) is 2. The molecule has 0 unspecified atom stereocenters. The molecule has 2 nitrogen and oxygen atoms in total. The van der Waals surface area contributed by atoms with Gasteiger partial charge in [-0.25, -0.2) is 0 Å². The van der Waals surface area contributed by atoms with Gasteiger partial charge < -0.3 is 4.90 Å². The van der Waals surface area contributed by atoms with Crippen molar-refractivity contribution in [2.24, 2.45) is 0 Å². The molecule has 0 radical (unpaired) electrons. The number of anilines is 2. The van der Waals surface area contributed by atoms with E-state index in [-0.39, 0.29) is 6.54 Å². The van der Waals surface area contributed by atoms with Crippen LogP contribution in [0.3, 0.4) is 0 Å². The van der Waals surface area contributed by atoms with E-state index in [1.807, 2.05) is 19.1 Å². The summed E-state index contributed by atoms with van der Waals surface area (Å²) in [6, 6.07) is 5.45. The Bertz CT molecular complexity index is 674. The fraction of sp³-hybridized carbons (Fsp3) is 0.214. The van der Waals surface area contributed by atoms with E-state index in [9.17, 15) is 17.6 Å². The SMILES string of the molecule is Cc1ccc2c(c1)N(c1c(F)c(F)nc(F)c1F)CC2. The lowest BCUT2D eigenvalue weighted by Gasteiger charge is -2.21. The lowest BCUT2D eigenvalue weighted by molar-refractivity contribution is 0.408. The standard InChI is InChI=1S/C14H10F4N2/c1-7-2-3-8-4-5-20(9(8)6-7)12-10(15)13(17)19-14(18)11(12)16/h2-3,6H,4-5H2,1H3. The Morgan fingerprint density at radius 3 is 2.35 bits per heavy atom. The predicted molar refractivity (Wildman–Crippen MR) is 66.0 cm³/mol. The highest BCUT2D eigenvalue weighted by Gasteiger charge is 2.30. The van der Waals surface area contributed by atoms with Crippen LogP contribution in [0.25, 0.3) is 0 Å². The number of aryl methyl sites for hydroxylation is 1. The third-order valence-corrected chi connectivity index (χ3v) is 3.38. The Kier molecular flexibility index (Phi) is 2.88. The second kappa shape index (κ2) is 4.47. The highest BCUT2D eigenvalue weighted by atomic mass is 19.2. The van der Waals surface area contributed by atoms with Crippen molar-refractivity contribution < 1.29 is 17.6 Å². The molecule has 0 N–H and O–H groups in total. The highest BCUT2D eigenvalue weighted by Crippen LogP contribution is 2.38. The quantitative estimate of drug-likeness (QED) is 0.586. The predicted octanol–water partition coefficient (Wildman–Crippen LogP) is 3.64. The molecule has 0 fully saturated rings. The summed E-state index contributed by atoms with van der Waals surface area (Å²) in [5, 5.41) is 0. The van der Waals surface area contributed by atoms with E-state index in [4.69, 9.17) is 0 Å². The normalized spacial score (nSPS) is 13.8. The summed E-state index contributed by atoms with van der Waals surface area (Å²) in [7, 11) is 0. The minimum Gasteiger partial charge on any atom is -0.336 e. The highest BCUT2D eigenvalue weighted by molar-refractivity contribution is 5.71. The summed E-state index contributed by atoms with van der Waals surface area (Å²) in [6.45, 7) is 2.09. The number of pyridine rings is 1. The Hall–Kier alpha value is -2.11. The average Bonchev–Trinajstić information content (AvgIpc) is 2.80. The van der Waals surface area contributed by atoms with Crippen LogP contribution in [0.1, 0.15) is 11.1 Å². The number of benzene rings is 1. The molecule has 0 atom stereocenters. The molecule has 0 saturated heterocycles. The van der Waals surface area contributed by atoms with Gasteiger partial charge in [0, 0.05) is 12.2 Å². The fourth-order valence-electron chi connectivity index (χ4n) is 2.43. The van der Waals surface area contributed by atoms with Gasteiger partial charge >= 0.3 is 0 Å². The van der Waals surface area contributed by atoms with Crippen LogP contribution in [0.15, 0.2) is 18.2 Å². The van der Waals surface area contributed by atoms with Crippen LogP contribution in [0.5, 0.6) is 0 Å². The van der Waals surface area contributed by atoms with E-state index in [0.717, 1.165) is 11.1 Å². The lowest BCUT2D eigenvalue weighted by atomic mass is 10.1. The van der Waals surface area contributed by atoms with Crippen LogP contribution in [0, 0.1) is 30.5 Å². The van der Waals surface area contributed by atoms with Gasteiger partial charge in [0.2, 0.25) is 11.6 Å². The summed E-state index contributed by atoms with van der Waals surface area (Å²) in [6.07, 6.45) is 0.556. The van der Waals surface area contributed by atoms with Gasteiger partial charge in [-0.1, -0.05) is 12.1 Å². The Balaban J connectivity index is 2.20. The molecule has 6 heteroatoms. The zero-order valence-electron chi connectivity index (χ0n) is 10.6. The number of halogens is 4. The number of hydrogen-bond donors (Lipinski definition) is 0. The summed E-state index contributed by atoms with van der Waals surface area (Å²) < 4.78 is 54.0. The van der Waals surface area contributed by atoms with Crippen molar-refractivity contribution >= 4 is 11.4 Å². The molecule has 0 saturated carbocycles. The first kappa shape index (κ1) is 12.9. The Morgan fingerprint density at radius 2 is 1.70 bits per heavy atom. The first-order valence-electron chi connectivity index (χ1n) is 6.06. The largest absolute Gasteiger partial charge is 0.336 e. The van der Waals surface area contributed by atoms with Crippen molar-refractivity contribution in [2.45, 2.75) is 13.3 Å². The molecule has 2 heterocycles. The van der Waals surface area contributed by atoms with Gasteiger partial charge in [0.25, 0.3) is 11.9 Å². The lowest BCUT2D eigenvalue weighted by Crippen LogP contribution is -2.19. The number of aromatic nitrogens is 1. The van der Waals surface area contributed by atoms with Gasteiger partial charge in [0.1, 0.15) is 5.69 Å². The van der Waals surface area contributed by atoms with Crippen LogP contribution >= 0.6 is 0 Å². The summed E-state index contributed by atoms with van der Waals surface area (Å²) >= 11 is 0. The fourth-order valence-corrected chi connectivity index (χ4v) is 2.43. The minimum atomic E-state index is -1.64. The molecule has 0 bridgehead atoms. The van der Waals surface area contributed by atoms with Crippen molar-refractivity contribution in [1.82, 2.24) is 4.98 Å². The van der Waals surface area contributed by atoms with Crippen molar-refractivity contribution in [3.63, 3.8) is 0 Å². The third-order valence-electron chi connectivity index (χ3n) is 3.38. The van der Waals surface area contributed by atoms with Crippen LogP contribution in [0.4, 0.5) is 28.9 Å². The molecule has 1 aromatic heterocycles. The molecule has 1 aromatic carbocycles. The zero-order valence-corrected chi connectivity index (χ0v) is 10.6. The Labute approximate surface area is 112 Å². The first-order valence-corrected chi connectivity index (χ1v) is 6.06. The Morgan fingerprint density at radius 1 is 1.05 bits per heavy atom. The van der Waals surface area contributed by atoms with Crippen LogP contribution in [0.2, 0.25) is 0 Å². The van der Waals surface area contributed by atoms with Gasteiger partial charge in [-0.15, -0.1) is 0 Å². The minimum absolute atomic E-state index is 0.259. The van der Waals surface area contributed by atoms with Gasteiger partial charge in [-0.05, 0) is 30.5 Å². The third kappa shape index (κ3) is 1.83. The van der Waals surface area contributed by atoms with E-state index >= 15 is 0 Å². The number of rotatable bonds is 1. The van der Waals surface area contributed by atoms with Gasteiger partial charge in [-0.2, -0.15) is 22.5 Å².